The monoisotopic (exact) mass is 347 g/mol. The van der Waals surface area contributed by atoms with E-state index in [0.29, 0.717) is 12.1 Å². The van der Waals surface area contributed by atoms with Gasteiger partial charge in [0.1, 0.15) is 5.82 Å². The quantitative estimate of drug-likeness (QED) is 0.756. The van der Waals surface area contributed by atoms with E-state index in [9.17, 15) is 9.18 Å². The van der Waals surface area contributed by atoms with E-state index < -0.39 is 0 Å². The molecule has 2 rings (SSSR count). The van der Waals surface area contributed by atoms with Crippen LogP contribution in [0.25, 0.3) is 6.08 Å². The molecule has 0 saturated heterocycles. The van der Waals surface area contributed by atoms with Crippen LogP contribution in [0.2, 0.25) is 0 Å². The number of likely N-dealkylation sites (N-methyl/N-ethyl adjacent to an activating group) is 1. The molecule has 0 heterocycles. The summed E-state index contributed by atoms with van der Waals surface area (Å²) in [7, 11) is 1.72. The zero-order chi connectivity index (χ0) is 15.2. The fraction of sp³-hybridized carbons (Fsp3) is 0.118. The molecule has 0 N–H and O–H groups in total. The molecule has 1 amide bonds. The van der Waals surface area contributed by atoms with Gasteiger partial charge in [-0.3, -0.25) is 4.79 Å². The van der Waals surface area contributed by atoms with Crippen molar-refractivity contribution in [2.24, 2.45) is 0 Å². The van der Waals surface area contributed by atoms with Crippen LogP contribution >= 0.6 is 15.9 Å². The minimum atomic E-state index is -0.338. The van der Waals surface area contributed by atoms with Crippen molar-refractivity contribution in [1.29, 1.82) is 0 Å². The lowest BCUT2D eigenvalue weighted by Gasteiger charge is -2.16. The molecule has 2 aromatic rings. The third-order valence-electron chi connectivity index (χ3n) is 3.05. The Bertz CT molecular complexity index is 669. The largest absolute Gasteiger partial charge is 0.338 e. The number of carbonyl (C=O) groups is 1. The first-order chi connectivity index (χ1) is 10.1. The van der Waals surface area contributed by atoms with Gasteiger partial charge in [0, 0.05) is 29.7 Å². The molecule has 21 heavy (non-hydrogen) atoms. The molecule has 0 spiro atoms. The van der Waals surface area contributed by atoms with Crippen molar-refractivity contribution in [3.63, 3.8) is 0 Å². The van der Waals surface area contributed by atoms with Crippen molar-refractivity contribution in [1.82, 2.24) is 4.90 Å². The normalized spacial score (nSPS) is 10.8. The van der Waals surface area contributed by atoms with Gasteiger partial charge in [-0.05, 0) is 23.8 Å². The number of rotatable bonds is 4. The van der Waals surface area contributed by atoms with Gasteiger partial charge in [-0.1, -0.05) is 52.3 Å². The van der Waals surface area contributed by atoms with Crippen LogP contribution in [0.4, 0.5) is 4.39 Å². The van der Waals surface area contributed by atoms with Crippen LogP contribution in [0.15, 0.2) is 59.1 Å². The van der Waals surface area contributed by atoms with Gasteiger partial charge in [-0.15, -0.1) is 0 Å². The molecule has 0 radical (unpaired) electrons. The lowest BCUT2D eigenvalue weighted by atomic mass is 10.2. The van der Waals surface area contributed by atoms with Gasteiger partial charge in [0.05, 0.1) is 0 Å². The van der Waals surface area contributed by atoms with E-state index in [1.54, 1.807) is 30.1 Å². The van der Waals surface area contributed by atoms with Gasteiger partial charge in [0.15, 0.2) is 0 Å². The first-order valence-corrected chi connectivity index (χ1v) is 7.28. The zero-order valence-corrected chi connectivity index (χ0v) is 13.2. The summed E-state index contributed by atoms with van der Waals surface area (Å²) in [6, 6.07) is 14.1. The van der Waals surface area contributed by atoms with E-state index in [-0.39, 0.29) is 11.7 Å². The number of amides is 1. The standard InChI is InChI=1S/C17H15BrFNO/c1-20(12-14-7-2-4-8-15(14)18)17(21)11-10-13-6-3-5-9-16(13)19/h2-11H,12H2,1H3/b11-10+. The maximum atomic E-state index is 13.5. The van der Waals surface area contributed by atoms with E-state index in [0.717, 1.165) is 10.0 Å². The Morgan fingerprint density at radius 1 is 1.19 bits per heavy atom. The van der Waals surface area contributed by atoms with Crippen molar-refractivity contribution in [2.75, 3.05) is 7.05 Å². The molecular weight excluding hydrogens is 333 g/mol. The molecule has 0 fully saturated rings. The van der Waals surface area contributed by atoms with E-state index >= 15 is 0 Å². The molecule has 0 atom stereocenters. The van der Waals surface area contributed by atoms with Gasteiger partial charge in [0.2, 0.25) is 5.91 Å². The Labute approximate surface area is 132 Å². The predicted octanol–water partition coefficient (Wildman–Crippen LogP) is 4.26. The highest BCUT2D eigenvalue weighted by Crippen LogP contribution is 2.17. The van der Waals surface area contributed by atoms with Crippen molar-refractivity contribution in [2.45, 2.75) is 6.54 Å². The summed E-state index contributed by atoms with van der Waals surface area (Å²) in [6.45, 7) is 0.488. The van der Waals surface area contributed by atoms with Gasteiger partial charge in [0.25, 0.3) is 0 Å². The maximum Gasteiger partial charge on any atom is 0.246 e. The van der Waals surface area contributed by atoms with E-state index in [1.807, 2.05) is 24.3 Å². The lowest BCUT2D eigenvalue weighted by molar-refractivity contribution is -0.125. The van der Waals surface area contributed by atoms with Crippen molar-refractivity contribution < 1.29 is 9.18 Å². The number of hydrogen-bond donors (Lipinski definition) is 0. The molecule has 0 aliphatic rings. The summed E-state index contributed by atoms with van der Waals surface area (Å²) in [5.41, 5.74) is 1.42. The van der Waals surface area contributed by atoms with Gasteiger partial charge in [-0.2, -0.15) is 0 Å². The third kappa shape index (κ3) is 4.26. The fourth-order valence-electron chi connectivity index (χ4n) is 1.86. The Hall–Kier alpha value is -1.94. The molecule has 0 unspecified atom stereocenters. The first kappa shape index (κ1) is 15.4. The van der Waals surface area contributed by atoms with Crippen LogP contribution in [-0.4, -0.2) is 17.9 Å². The Kier molecular flexibility index (Phi) is 5.28. The maximum absolute atomic E-state index is 13.5. The Morgan fingerprint density at radius 2 is 1.86 bits per heavy atom. The topological polar surface area (TPSA) is 20.3 Å². The van der Waals surface area contributed by atoms with E-state index in [2.05, 4.69) is 15.9 Å². The van der Waals surface area contributed by atoms with Crippen LogP contribution in [0.5, 0.6) is 0 Å². The summed E-state index contributed by atoms with van der Waals surface area (Å²) >= 11 is 3.45. The fourth-order valence-corrected chi connectivity index (χ4v) is 2.27. The average Bonchev–Trinajstić information content (AvgIpc) is 2.48. The minimum absolute atomic E-state index is 0.172. The number of benzene rings is 2. The zero-order valence-electron chi connectivity index (χ0n) is 11.6. The molecule has 0 saturated carbocycles. The van der Waals surface area contributed by atoms with Crippen LogP contribution < -0.4 is 0 Å². The number of halogens is 2. The van der Waals surface area contributed by atoms with Crippen molar-refractivity contribution in [3.05, 3.63) is 76.0 Å². The van der Waals surface area contributed by atoms with Crippen LogP contribution in [0.1, 0.15) is 11.1 Å². The van der Waals surface area contributed by atoms with E-state index in [4.69, 9.17) is 0 Å². The molecule has 0 aromatic heterocycles. The Balaban J connectivity index is 2.03. The summed E-state index contributed by atoms with van der Waals surface area (Å²) < 4.78 is 14.4. The number of nitrogens with zero attached hydrogens (tertiary/aromatic N) is 1. The second-order valence-electron chi connectivity index (χ2n) is 4.64. The molecule has 108 valence electrons. The van der Waals surface area contributed by atoms with Crippen molar-refractivity contribution >= 4 is 27.9 Å². The predicted molar refractivity (Wildman–Crippen MR) is 86.1 cm³/mol. The molecular formula is C17H15BrFNO. The lowest BCUT2D eigenvalue weighted by Crippen LogP contribution is -2.24. The molecule has 2 aromatic carbocycles. The minimum Gasteiger partial charge on any atom is -0.338 e. The van der Waals surface area contributed by atoms with Gasteiger partial charge < -0.3 is 4.90 Å². The third-order valence-corrected chi connectivity index (χ3v) is 3.83. The second kappa shape index (κ2) is 7.18. The SMILES string of the molecule is CN(Cc1ccccc1Br)C(=O)/C=C/c1ccccc1F. The van der Waals surface area contributed by atoms with Crippen LogP contribution in [0.3, 0.4) is 0 Å². The van der Waals surface area contributed by atoms with Gasteiger partial charge >= 0.3 is 0 Å². The molecule has 0 aliphatic carbocycles. The van der Waals surface area contributed by atoms with Crippen LogP contribution in [-0.2, 0) is 11.3 Å². The average molecular weight is 348 g/mol. The summed E-state index contributed by atoms with van der Waals surface area (Å²) in [5, 5.41) is 0. The number of carbonyl (C=O) groups excluding carboxylic acids is 1. The summed E-state index contributed by atoms with van der Waals surface area (Å²) in [6.07, 6.45) is 2.88. The van der Waals surface area contributed by atoms with E-state index in [1.165, 1.54) is 18.2 Å². The van der Waals surface area contributed by atoms with Crippen LogP contribution in [0, 0.1) is 5.82 Å². The Morgan fingerprint density at radius 3 is 2.57 bits per heavy atom. The highest BCUT2D eigenvalue weighted by Gasteiger charge is 2.08. The highest BCUT2D eigenvalue weighted by atomic mass is 79.9. The van der Waals surface area contributed by atoms with Gasteiger partial charge in [-0.25, -0.2) is 4.39 Å². The summed E-state index contributed by atoms with van der Waals surface area (Å²) in [5.74, 6) is -0.510. The van der Waals surface area contributed by atoms with Crippen molar-refractivity contribution in [3.8, 4) is 0 Å². The second-order valence-corrected chi connectivity index (χ2v) is 5.49. The molecule has 0 bridgehead atoms. The summed E-state index contributed by atoms with van der Waals surface area (Å²) in [4.78, 5) is 13.6. The smallest absolute Gasteiger partial charge is 0.246 e. The highest BCUT2D eigenvalue weighted by molar-refractivity contribution is 9.10. The molecule has 4 heteroatoms. The molecule has 0 aliphatic heterocycles. The number of hydrogen-bond acceptors (Lipinski definition) is 1. The molecule has 2 nitrogen and oxygen atoms in total. The first-order valence-electron chi connectivity index (χ1n) is 6.49.